The van der Waals surface area contributed by atoms with Crippen LogP contribution in [0, 0.1) is 11.8 Å². The zero-order chi connectivity index (χ0) is 14.8. The molecule has 0 nitrogen and oxygen atoms in total. The molecule has 0 saturated carbocycles. The molecular weight excluding hydrogens is 252 g/mol. The van der Waals surface area contributed by atoms with Crippen molar-refractivity contribution in [3.05, 3.63) is 77.4 Å². The molecule has 0 heterocycles. The van der Waals surface area contributed by atoms with Crippen LogP contribution in [-0.4, -0.2) is 0 Å². The summed E-state index contributed by atoms with van der Waals surface area (Å²) in [7, 11) is 0. The molecule has 0 aliphatic heterocycles. The summed E-state index contributed by atoms with van der Waals surface area (Å²) in [5, 5.41) is 0. The van der Waals surface area contributed by atoms with E-state index < -0.39 is 0 Å². The van der Waals surface area contributed by atoms with E-state index in [2.05, 4.69) is 75.1 Å². The van der Waals surface area contributed by atoms with Gasteiger partial charge in [-0.15, -0.1) is 0 Å². The van der Waals surface area contributed by atoms with Gasteiger partial charge in [-0.2, -0.15) is 0 Å². The van der Waals surface area contributed by atoms with Gasteiger partial charge in [-0.25, -0.2) is 0 Å². The molecule has 0 aromatic heterocycles. The van der Waals surface area contributed by atoms with Gasteiger partial charge in [0, 0.05) is 5.92 Å². The molecule has 0 bridgehead atoms. The molecule has 0 heteroatoms. The third-order valence-electron chi connectivity index (χ3n) is 4.80. The summed E-state index contributed by atoms with van der Waals surface area (Å²) in [6.45, 7) is 8.45. The fraction of sp³-hybridized carbons (Fsp3) is 0.333. The van der Waals surface area contributed by atoms with Crippen molar-refractivity contribution in [2.45, 2.75) is 32.6 Å². The first-order valence-corrected chi connectivity index (χ1v) is 7.95. The monoisotopic (exact) mass is 276 g/mol. The minimum Gasteiger partial charge on any atom is -0.0999 e. The Morgan fingerprint density at radius 2 is 2.00 bits per heavy atom. The van der Waals surface area contributed by atoms with Gasteiger partial charge in [0.1, 0.15) is 0 Å². The first-order chi connectivity index (χ1) is 10.1. The Bertz CT molecular complexity index is 627. The van der Waals surface area contributed by atoms with E-state index in [0.29, 0.717) is 17.8 Å². The molecule has 2 aliphatic rings. The van der Waals surface area contributed by atoms with Crippen molar-refractivity contribution in [3.8, 4) is 0 Å². The summed E-state index contributed by atoms with van der Waals surface area (Å²) < 4.78 is 0. The summed E-state index contributed by atoms with van der Waals surface area (Å²) in [6, 6.07) is 8.76. The highest BCUT2D eigenvalue weighted by Gasteiger charge is 2.21. The van der Waals surface area contributed by atoms with Gasteiger partial charge in [-0.1, -0.05) is 79.3 Å². The Morgan fingerprint density at radius 3 is 2.81 bits per heavy atom. The fourth-order valence-corrected chi connectivity index (χ4v) is 3.27. The second-order valence-electron chi connectivity index (χ2n) is 6.55. The third-order valence-corrected chi connectivity index (χ3v) is 4.80. The van der Waals surface area contributed by atoms with Crippen molar-refractivity contribution >= 4 is 6.08 Å². The van der Waals surface area contributed by atoms with Gasteiger partial charge in [-0.3, -0.25) is 0 Å². The standard InChI is InChI=1S/C21H24/c1-15(2)16(3)12-17-8-9-18(13-17)14-20-11-10-19-6-4-5-7-21(19)20/h4-11,13,16,18,20H,1,12,14H2,2-3H3/t16-,18?,20?/m0/s1. The van der Waals surface area contributed by atoms with Gasteiger partial charge in [0.2, 0.25) is 0 Å². The average Bonchev–Trinajstić information content (AvgIpc) is 3.07. The lowest BCUT2D eigenvalue weighted by Gasteiger charge is -2.14. The van der Waals surface area contributed by atoms with E-state index in [1.807, 2.05) is 0 Å². The number of fused-ring (bicyclic) bond motifs is 1. The molecule has 108 valence electrons. The van der Waals surface area contributed by atoms with Crippen LogP contribution in [0.1, 0.15) is 43.7 Å². The van der Waals surface area contributed by atoms with Crippen LogP contribution in [0.25, 0.3) is 6.08 Å². The van der Waals surface area contributed by atoms with Crippen LogP contribution >= 0.6 is 0 Å². The van der Waals surface area contributed by atoms with Crippen molar-refractivity contribution in [2.24, 2.45) is 11.8 Å². The maximum atomic E-state index is 4.06. The molecule has 0 saturated heterocycles. The average molecular weight is 276 g/mol. The van der Waals surface area contributed by atoms with Gasteiger partial charge in [0.25, 0.3) is 0 Å². The fourth-order valence-electron chi connectivity index (χ4n) is 3.27. The van der Waals surface area contributed by atoms with Gasteiger partial charge in [0.05, 0.1) is 0 Å². The molecule has 1 aromatic carbocycles. The Kier molecular flexibility index (Phi) is 3.96. The van der Waals surface area contributed by atoms with Gasteiger partial charge in [-0.05, 0) is 42.7 Å². The molecule has 0 fully saturated rings. The largest absolute Gasteiger partial charge is 0.0999 e. The molecule has 3 rings (SSSR count). The highest BCUT2D eigenvalue weighted by atomic mass is 14.3. The van der Waals surface area contributed by atoms with E-state index in [-0.39, 0.29) is 0 Å². The zero-order valence-electron chi connectivity index (χ0n) is 13.0. The van der Waals surface area contributed by atoms with E-state index in [0.717, 1.165) is 6.42 Å². The predicted molar refractivity (Wildman–Crippen MR) is 92.1 cm³/mol. The molecular formula is C21H24. The quantitative estimate of drug-likeness (QED) is 0.587. The summed E-state index contributed by atoms with van der Waals surface area (Å²) in [5.41, 5.74) is 5.64. The summed E-state index contributed by atoms with van der Waals surface area (Å²) >= 11 is 0. The first-order valence-electron chi connectivity index (χ1n) is 7.95. The molecule has 0 radical (unpaired) electrons. The highest BCUT2D eigenvalue weighted by molar-refractivity contribution is 5.62. The molecule has 3 atom stereocenters. The van der Waals surface area contributed by atoms with Crippen molar-refractivity contribution in [1.29, 1.82) is 0 Å². The Hall–Kier alpha value is -1.82. The van der Waals surface area contributed by atoms with Gasteiger partial charge < -0.3 is 0 Å². The lowest BCUT2D eigenvalue weighted by Crippen LogP contribution is -2.00. The SMILES string of the molecule is C=C(C)[C@@H](C)CC1=CC(CC2C=Cc3ccccc32)C=C1. The minimum absolute atomic E-state index is 0.574. The maximum absolute atomic E-state index is 4.06. The molecule has 2 aliphatic carbocycles. The van der Waals surface area contributed by atoms with E-state index in [4.69, 9.17) is 0 Å². The van der Waals surface area contributed by atoms with Crippen LogP contribution in [0.4, 0.5) is 0 Å². The Morgan fingerprint density at radius 1 is 1.19 bits per heavy atom. The molecule has 1 aromatic rings. The van der Waals surface area contributed by atoms with Crippen molar-refractivity contribution in [2.75, 3.05) is 0 Å². The molecule has 0 amide bonds. The van der Waals surface area contributed by atoms with Crippen LogP contribution in [0.15, 0.2) is 66.3 Å². The summed E-state index contributed by atoms with van der Waals surface area (Å²) in [4.78, 5) is 0. The minimum atomic E-state index is 0.574. The molecule has 2 unspecified atom stereocenters. The molecule has 21 heavy (non-hydrogen) atoms. The van der Waals surface area contributed by atoms with Crippen LogP contribution < -0.4 is 0 Å². The topological polar surface area (TPSA) is 0 Å². The van der Waals surface area contributed by atoms with E-state index >= 15 is 0 Å². The van der Waals surface area contributed by atoms with Crippen molar-refractivity contribution in [3.63, 3.8) is 0 Å². The second-order valence-corrected chi connectivity index (χ2v) is 6.55. The Labute approximate surface area is 128 Å². The summed E-state index contributed by atoms with van der Waals surface area (Å²) in [5.74, 6) is 1.73. The van der Waals surface area contributed by atoms with E-state index in [1.165, 1.54) is 28.7 Å². The van der Waals surface area contributed by atoms with Gasteiger partial charge in [0.15, 0.2) is 0 Å². The van der Waals surface area contributed by atoms with Crippen molar-refractivity contribution in [1.82, 2.24) is 0 Å². The lowest BCUT2D eigenvalue weighted by atomic mass is 9.90. The van der Waals surface area contributed by atoms with Crippen LogP contribution in [0.5, 0.6) is 0 Å². The number of benzene rings is 1. The van der Waals surface area contributed by atoms with Crippen LogP contribution in [0.2, 0.25) is 0 Å². The highest BCUT2D eigenvalue weighted by Crippen LogP contribution is 2.37. The normalized spacial score (nSPS) is 24.0. The van der Waals surface area contributed by atoms with E-state index in [1.54, 1.807) is 0 Å². The predicted octanol–water partition coefficient (Wildman–Crippen LogP) is 5.90. The number of rotatable bonds is 5. The molecule has 0 N–H and O–H groups in total. The molecule has 0 spiro atoms. The lowest BCUT2D eigenvalue weighted by molar-refractivity contribution is 0.651. The Balaban J connectivity index is 1.63. The van der Waals surface area contributed by atoms with Crippen molar-refractivity contribution < 1.29 is 0 Å². The summed E-state index contributed by atoms with van der Waals surface area (Å²) in [6.07, 6.45) is 14.1. The third kappa shape index (κ3) is 3.10. The number of allylic oxidation sites excluding steroid dienone is 6. The van der Waals surface area contributed by atoms with E-state index in [9.17, 15) is 0 Å². The second kappa shape index (κ2) is 5.89. The first kappa shape index (κ1) is 14.1. The zero-order valence-corrected chi connectivity index (χ0v) is 13.0. The number of hydrogen-bond acceptors (Lipinski definition) is 0. The van der Waals surface area contributed by atoms with Crippen LogP contribution in [-0.2, 0) is 0 Å². The van der Waals surface area contributed by atoms with Gasteiger partial charge >= 0.3 is 0 Å². The smallest absolute Gasteiger partial charge is 0.00358 e. The van der Waals surface area contributed by atoms with Crippen LogP contribution in [0.3, 0.4) is 0 Å². The number of hydrogen-bond donors (Lipinski definition) is 0. The maximum Gasteiger partial charge on any atom is 0.00358 e.